The molecule has 11 nitrogen and oxygen atoms in total. The second kappa shape index (κ2) is 10.6. The topological polar surface area (TPSA) is 149 Å². The number of rotatable bonds is 9. The second-order valence-electron chi connectivity index (χ2n) is 9.74. The first kappa shape index (κ1) is 24.8. The molecule has 2 aliphatic rings. The molecular weight excluding hydrogens is 474 g/mol. The molecule has 1 amide bonds. The molecule has 37 heavy (non-hydrogen) atoms. The van der Waals surface area contributed by atoms with E-state index < -0.39 is 11.9 Å². The largest absolute Gasteiger partial charge is 0.496 e. The maximum Gasteiger partial charge on any atom is 0.319 e. The van der Waals surface area contributed by atoms with Gasteiger partial charge in [0, 0.05) is 43.5 Å². The number of aromatic nitrogens is 4. The lowest BCUT2D eigenvalue weighted by Gasteiger charge is -2.33. The molecule has 0 spiro atoms. The number of amides is 1. The lowest BCUT2D eigenvalue weighted by atomic mass is 9.89. The van der Waals surface area contributed by atoms with Crippen molar-refractivity contribution < 1.29 is 19.4 Å². The number of nitrogens with zero attached hydrogens (tertiary/aromatic N) is 5. The van der Waals surface area contributed by atoms with E-state index in [1.807, 2.05) is 12.3 Å². The third-order valence-electron chi connectivity index (χ3n) is 7.14. The van der Waals surface area contributed by atoms with Gasteiger partial charge >= 0.3 is 6.01 Å². The summed E-state index contributed by atoms with van der Waals surface area (Å²) in [4.78, 5) is 31.5. The summed E-state index contributed by atoms with van der Waals surface area (Å²) in [6.45, 7) is 3.36. The van der Waals surface area contributed by atoms with Crippen LogP contribution < -0.4 is 19.7 Å². The summed E-state index contributed by atoms with van der Waals surface area (Å²) < 4.78 is 11.4. The fourth-order valence-electron chi connectivity index (χ4n) is 4.83. The summed E-state index contributed by atoms with van der Waals surface area (Å²) in [5, 5.41) is 22.1. The van der Waals surface area contributed by atoms with Crippen LogP contribution in [0.25, 0.3) is 11.0 Å². The molecule has 3 atom stereocenters. The van der Waals surface area contributed by atoms with E-state index in [1.54, 1.807) is 26.3 Å². The predicted molar refractivity (Wildman–Crippen MR) is 136 cm³/mol. The van der Waals surface area contributed by atoms with Crippen LogP contribution >= 0.6 is 0 Å². The minimum absolute atomic E-state index is 0.00807. The van der Waals surface area contributed by atoms with E-state index in [0.717, 1.165) is 49.1 Å². The SMILES string of the molecule is COc1ccnc2[nH]cc(C3CCN(c4cc(C(=O)N[C@H](C)CO)nc(OC[C@H]5C[C@H]5C#N)n4)CC3)c12. The molecule has 3 aromatic heterocycles. The number of hydrogen-bond acceptors (Lipinski definition) is 9. The number of aliphatic hydroxyl groups excluding tert-OH is 1. The number of anilines is 1. The number of carbonyl (C=O) groups excluding carboxylic acids is 1. The molecule has 1 aliphatic heterocycles. The van der Waals surface area contributed by atoms with E-state index in [0.29, 0.717) is 18.3 Å². The Hall–Kier alpha value is -3.91. The number of hydrogen-bond donors (Lipinski definition) is 3. The highest BCUT2D eigenvalue weighted by Crippen LogP contribution is 2.39. The Balaban J connectivity index is 1.33. The van der Waals surface area contributed by atoms with Gasteiger partial charge in [-0.2, -0.15) is 15.2 Å². The molecule has 11 heteroatoms. The van der Waals surface area contributed by atoms with Gasteiger partial charge in [-0.25, -0.2) is 4.98 Å². The molecule has 194 valence electrons. The van der Waals surface area contributed by atoms with Crippen molar-refractivity contribution in [3.05, 3.63) is 35.8 Å². The Morgan fingerprint density at radius 3 is 2.89 bits per heavy atom. The van der Waals surface area contributed by atoms with Crippen LogP contribution in [0.3, 0.4) is 0 Å². The molecule has 3 aromatic rings. The Kier molecular flexibility index (Phi) is 7.10. The van der Waals surface area contributed by atoms with Crippen molar-refractivity contribution >= 4 is 22.8 Å². The zero-order valence-electron chi connectivity index (χ0n) is 21.0. The van der Waals surface area contributed by atoms with Crippen LogP contribution in [0.4, 0.5) is 5.82 Å². The zero-order valence-corrected chi connectivity index (χ0v) is 21.0. The molecule has 3 N–H and O–H groups in total. The minimum Gasteiger partial charge on any atom is -0.496 e. The first-order valence-electron chi connectivity index (χ1n) is 12.6. The smallest absolute Gasteiger partial charge is 0.319 e. The van der Waals surface area contributed by atoms with E-state index in [9.17, 15) is 9.90 Å². The number of pyridine rings is 1. The van der Waals surface area contributed by atoms with Crippen molar-refractivity contribution in [2.75, 3.05) is 38.3 Å². The first-order chi connectivity index (χ1) is 18.0. The fourth-order valence-corrected chi connectivity index (χ4v) is 4.83. The van der Waals surface area contributed by atoms with Crippen LogP contribution in [0, 0.1) is 23.2 Å². The van der Waals surface area contributed by atoms with Crippen molar-refractivity contribution in [3.63, 3.8) is 0 Å². The number of methoxy groups -OCH3 is 1. The standard InChI is InChI=1S/C26H31N7O4/c1-15(13-34)30-25(35)20-10-22(32-26(31-20)37-14-18-9-17(18)11-27)33-7-4-16(5-8-33)19-12-29-24-23(19)21(36-2)3-6-28-24/h3,6,10,12,15-18,34H,4-5,7-9,13-14H2,1-2H3,(H,28,29)(H,30,35)/t15-,17+,18-/m1/s1. The number of H-pyrrole nitrogens is 1. The van der Waals surface area contributed by atoms with Crippen molar-refractivity contribution in [1.29, 1.82) is 5.26 Å². The summed E-state index contributed by atoms with van der Waals surface area (Å²) in [7, 11) is 1.67. The molecule has 1 saturated heterocycles. The highest BCUT2D eigenvalue weighted by atomic mass is 16.5. The third-order valence-corrected chi connectivity index (χ3v) is 7.14. The Bertz CT molecular complexity index is 1310. The molecule has 0 radical (unpaired) electrons. The van der Waals surface area contributed by atoms with Crippen molar-refractivity contribution in [2.24, 2.45) is 11.8 Å². The Morgan fingerprint density at radius 2 is 2.19 bits per heavy atom. The number of fused-ring (bicyclic) bond motifs is 1. The Morgan fingerprint density at radius 1 is 1.38 bits per heavy atom. The number of carbonyl (C=O) groups is 1. The third kappa shape index (κ3) is 5.29. The van der Waals surface area contributed by atoms with Gasteiger partial charge in [-0.15, -0.1) is 0 Å². The lowest BCUT2D eigenvalue weighted by Crippen LogP contribution is -2.36. The summed E-state index contributed by atoms with van der Waals surface area (Å²) in [5.41, 5.74) is 2.19. The molecule has 0 aromatic carbocycles. The number of piperidine rings is 1. The summed E-state index contributed by atoms with van der Waals surface area (Å²) in [6, 6.07) is 5.51. The van der Waals surface area contributed by atoms with E-state index >= 15 is 0 Å². The van der Waals surface area contributed by atoms with Gasteiger partial charge in [-0.3, -0.25) is 4.79 Å². The average Bonchev–Trinajstić information content (AvgIpc) is 3.57. The van der Waals surface area contributed by atoms with Gasteiger partial charge in [-0.1, -0.05) is 0 Å². The van der Waals surface area contributed by atoms with Gasteiger partial charge < -0.3 is 29.8 Å². The summed E-state index contributed by atoms with van der Waals surface area (Å²) in [6.07, 6.45) is 6.34. The van der Waals surface area contributed by atoms with Gasteiger partial charge in [0.15, 0.2) is 0 Å². The minimum atomic E-state index is -0.406. The first-order valence-corrected chi connectivity index (χ1v) is 12.6. The normalized spacial score (nSPS) is 20.3. The summed E-state index contributed by atoms with van der Waals surface area (Å²) in [5.74, 6) is 1.53. The summed E-state index contributed by atoms with van der Waals surface area (Å²) >= 11 is 0. The zero-order chi connectivity index (χ0) is 25.9. The van der Waals surface area contributed by atoms with E-state index in [2.05, 4.69) is 36.2 Å². The number of aromatic amines is 1. The van der Waals surface area contributed by atoms with E-state index in [-0.39, 0.29) is 30.1 Å². The lowest BCUT2D eigenvalue weighted by molar-refractivity contribution is 0.0915. The van der Waals surface area contributed by atoms with Crippen molar-refractivity contribution in [1.82, 2.24) is 25.3 Å². The van der Waals surface area contributed by atoms with Gasteiger partial charge in [0.25, 0.3) is 5.91 Å². The van der Waals surface area contributed by atoms with Crippen LogP contribution in [0.1, 0.15) is 48.2 Å². The molecule has 4 heterocycles. The highest BCUT2D eigenvalue weighted by molar-refractivity contribution is 5.93. The predicted octanol–water partition coefficient (Wildman–Crippen LogP) is 2.39. The molecule has 1 aliphatic carbocycles. The quantitative estimate of drug-likeness (QED) is 0.398. The van der Waals surface area contributed by atoms with Gasteiger partial charge in [-0.05, 0) is 43.7 Å². The van der Waals surface area contributed by atoms with E-state index in [4.69, 9.17) is 14.7 Å². The van der Waals surface area contributed by atoms with E-state index in [1.165, 1.54) is 5.56 Å². The molecule has 5 rings (SSSR count). The van der Waals surface area contributed by atoms with Crippen LogP contribution in [0.5, 0.6) is 11.8 Å². The molecule has 2 fully saturated rings. The van der Waals surface area contributed by atoms with Crippen LogP contribution in [-0.4, -0.2) is 70.4 Å². The average molecular weight is 506 g/mol. The second-order valence-corrected chi connectivity index (χ2v) is 9.74. The molecule has 0 bridgehead atoms. The van der Waals surface area contributed by atoms with Crippen LogP contribution in [-0.2, 0) is 0 Å². The van der Waals surface area contributed by atoms with Gasteiger partial charge in [0.2, 0.25) is 0 Å². The number of ether oxygens (including phenoxy) is 2. The molecule has 0 unspecified atom stereocenters. The monoisotopic (exact) mass is 505 g/mol. The van der Waals surface area contributed by atoms with Gasteiger partial charge in [0.1, 0.15) is 22.9 Å². The molecular formula is C26H31N7O4. The number of nitrogens with one attached hydrogen (secondary N) is 2. The number of aliphatic hydroxyl groups is 1. The fraction of sp³-hybridized carbons (Fsp3) is 0.500. The number of nitriles is 1. The maximum absolute atomic E-state index is 12.8. The van der Waals surface area contributed by atoms with Crippen molar-refractivity contribution in [2.45, 2.75) is 38.1 Å². The Labute approximate surface area is 214 Å². The van der Waals surface area contributed by atoms with Crippen LogP contribution in [0.2, 0.25) is 0 Å². The molecule has 1 saturated carbocycles. The highest BCUT2D eigenvalue weighted by Gasteiger charge is 2.38. The van der Waals surface area contributed by atoms with Crippen LogP contribution in [0.15, 0.2) is 24.5 Å². The van der Waals surface area contributed by atoms with Gasteiger partial charge in [0.05, 0.1) is 37.7 Å². The van der Waals surface area contributed by atoms with Crippen molar-refractivity contribution in [3.8, 4) is 17.8 Å². The maximum atomic E-state index is 12.8.